The lowest BCUT2D eigenvalue weighted by Gasteiger charge is -2.02. The zero-order valence-electron chi connectivity index (χ0n) is 6.41. The molecule has 1 aromatic rings. The van der Waals surface area contributed by atoms with Crippen LogP contribution < -0.4 is 5.73 Å². The van der Waals surface area contributed by atoms with Crippen LogP contribution in [0.4, 0.5) is 0 Å². The molecular formula is C8H11NO2. The summed E-state index contributed by atoms with van der Waals surface area (Å²) in [4.78, 5) is 11.2. The van der Waals surface area contributed by atoms with Crippen LogP contribution in [0.15, 0.2) is 22.8 Å². The molecule has 0 bridgehead atoms. The van der Waals surface area contributed by atoms with Crippen molar-refractivity contribution in [1.82, 2.24) is 0 Å². The summed E-state index contributed by atoms with van der Waals surface area (Å²) in [7, 11) is 0. The van der Waals surface area contributed by atoms with E-state index in [0.29, 0.717) is 12.2 Å². The number of carbonyl (C=O) groups is 1. The van der Waals surface area contributed by atoms with E-state index in [-0.39, 0.29) is 5.78 Å². The van der Waals surface area contributed by atoms with Gasteiger partial charge in [-0.25, -0.2) is 0 Å². The highest BCUT2D eigenvalue weighted by Gasteiger charge is 2.15. The van der Waals surface area contributed by atoms with Gasteiger partial charge in [0.15, 0.2) is 5.76 Å². The lowest BCUT2D eigenvalue weighted by Crippen LogP contribution is -2.29. The molecule has 0 saturated carbocycles. The third kappa shape index (κ3) is 1.68. The third-order valence-corrected chi connectivity index (χ3v) is 1.54. The number of hydrogen-bond acceptors (Lipinski definition) is 3. The van der Waals surface area contributed by atoms with Crippen LogP contribution in [0.25, 0.3) is 0 Å². The highest BCUT2D eigenvalue weighted by atomic mass is 16.3. The lowest BCUT2D eigenvalue weighted by atomic mass is 10.1. The van der Waals surface area contributed by atoms with E-state index in [1.165, 1.54) is 6.26 Å². The van der Waals surface area contributed by atoms with Gasteiger partial charge in [-0.3, -0.25) is 4.79 Å². The van der Waals surface area contributed by atoms with Gasteiger partial charge < -0.3 is 10.2 Å². The summed E-state index contributed by atoms with van der Waals surface area (Å²) in [5, 5.41) is 0. The number of Topliss-reactive ketones (excluding diaryl/α,β-unsaturated/α-hetero) is 1. The molecule has 0 amide bonds. The van der Waals surface area contributed by atoms with Crippen molar-refractivity contribution >= 4 is 5.78 Å². The predicted molar refractivity (Wildman–Crippen MR) is 41.3 cm³/mol. The van der Waals surface area contributed by atoms with Crippen molar-refractivity contribution in [1.29, 1.82) is 0 Å². The van der Waals surface area contributed by atoms with Crippen LogP contribution >= 0.6 is 0 Å². The predicted octanol–water partition coefficient (Wildman–Crippen LogP) is 1.20. The Labute approximate surface area is 65.2 Å². The van der Waals surface area contributed by atoms with Crippen LogP contribution in [0.1, 0.15) is 23.9 Å². The van der Waals surface area contributed by atoms with Gasteiger partial charge in [-0.1, -0.05) is 6.92 Å². The summed E-state index contributed by atoms with van der Waals surface area (Å²) >= 11 is 0. The van der Waals surface area contributed by atoms with Crippen LogP contribution in [-0.4, -0.2) is 11.8 Å². The van der Waals surface area contributed by atoms with Crippen molar-refractivity contribution in [2.75, 3.05) is 0 Å². The Hall–Kier alpha value is -1.09. The normalized spacial score (nSPS) is 12.9. The second-order valence-corrected chi connectivity index (χ2v) is 2.36. The maximum atomic E-state index is 11.2. The summed E-state index contributed by atoms with van der Waals surface area (Å²) in [5.74, 6) is 0.219. The molecular weight excluding hydrogens is 142 g/mol. The molecule has 0 fully saturated rings. The zero-order valence-corrected chi connectivity index (χ0v) is 6.41. The van der Waals surface area contributed by atoms with Gasteiger partial charge in [-0.2, -0.15) is 0 Å². The van der Waals surface area contributed by atoms with Crippen molar-refractivity contribution in [3.8, 4) is 0 Å². The smallest absolute Gasteiger partial charge is 0.214 e. The number of rotatable bonds is 3. The summed E-state index contributed by atoms with van der Waals surface area (Å²) in [6, 6.07) is 2.87. The fourth-order valence-electron chi connectivity index (χ4n) is 0.787. The molecule has 0 saturated heterocycles. The van der Waals surface area contributed by atoms with Gasteiger partial charge in [0.1, 0.15) is 0 Å². The zero-order chi connectivity index (χ0) is 8.27. The van der Waals surface area contributed by atoms with Crippen LogP contribution in [0.5, 0.6) is 0 Å². The first-order chi connectivity index (χ1) is 5.25. The Morgan fingerprint density at radius 3 is 3.00 bits per heavy atom. The highest BCUT2D eigenvalue weighted by Crippen LogP contribution is 2.04. The molecule has 1 heterocycles. The third-order valence-electron chi connectivity index (χ3n) is 1.54. The van der Waals surface area contributed by atoms with E-state index in [1.54, 1.807) is 12.1 Å². The van der Waals surface area contributed by atoms with E-state index in [0.717, 1.165) is 0 Å². The first-order valence-corrected chi connectivity index (χ1v) is 3.59. The molecule has 0 radical (unpaired) electrons. The summed E-state index contributed by atoms with van der Waals surface area (Å²) < 4.78 is 4.89. The fourth-order valence-corrected chi connectivity index (χ4v) is 0.787. The maximum Gasteiger partial charge on any atom is 0.214 e. The molecule has 2 N–H and O–H groups in total. The van der Waals surface area contributed by atoms with Crippen LogP contribution in [0, 0.1) is 0 Å². The molecule has 0 aliphatic carbocycles. The molecule has 0 aromatic carbocycles. The summed E-state index contributed by atoms with van der Waals surface area (Å²) in [6.07, 6.45) is 2.11. The average molecular weight is 153 g/mol. The average Bonchev–Trinajstić information content (AvgIpc) is 2.53. The number of furan rings is 1. The van der Waals surface area contributed by atoms with Gasteiger partial charge in [-0.05, 0) is 18.6 Å². The lowest BCUT2D eigenvalue weighted by molar-refractivity contribution is 0.0932. The van der Waals surface area contributed by atoms with Crippen molar-refractivity contribution < 1.29 is 9.21 Å². The van der Waals surface area contributed by atoms with E-state index in [2.05, 4.69) is 0 Å². The largest absolute Gasteiger partial charge is 0.461 e. The van der Waals surface area contributed by atoms with Crippen molar-refractivity contribution in [3.63, 3.8) is 0 Å². The second-order valence-electron chi connectivity index (χ2n) is 2.36. The van der Waals surface area contributed by atoms with Crippen LogP contribution in [0.2, 0.25) is 0 Å². The maximum absolute atomic E-state index is 11.2. The number of nitrogens with two attached hydrogens (primary N) is 1. The Kier molecular flexibility index (Phi) is 2.44. The number of carbonyl (C=O) groups excluding carboxylic acids is 1. The minimum atomic E-state index is -0.429. The van der Waals surface area contributed by atoms with E-state index in [1.807, 2.05) is 6.92 Å². The minimum absolute atomic E-state index is 0.127. The molecule has 1 atom stereocenters. The molecule has 0 aliphatic rings. The summed E-state index contributed by atoms with van der Waals surface area (Å²) in [6.45, 7) is 1.87. The van der Waals surface area contributed by atoms with E-state index < -0.39 is 6.04 Å². The number of ketones is 1. The van der Waals surface area contributed by atoms with Crippen molar-refractivity contribution in [2.24, 2.45) is 5.73 Å². The van der Waals surface area contributed by atoms with Gasteiger partial charge in [0.05, 0.1) is 12.3 Å². The monoisotopic (exact) mass is 153 g/mol. The van der Waals surface area contributed by atoms with Crippen LogP contribution in [-0.2, 0) is 0 Å². The molecule has 3 nitrogen and oxygen atoms in total. The molecule has 1 rings (SSSR count). The van der Waals surface area contributed by atoms with Crippen LogP contribution in [0.3, 0.4) is 0 Å². The van der Waals surface area contributed by atoms with Gasteiger partial charge >= 0.3 is 0 Å². The standard InChI is InChI=1S/C8H11NO2/c1-2-6(9)8(10)7-4-3-5-11-7/h3-6H,2,9H2,1H3/t6-/m0/s1. The molecule has 0 spiro atoms. The number of hydrogen-bond donors (Lipinski definition) is 1. The van der Waals surface area contributed by atoms with Gasteiger partial charge in [-0.15, -0.1) is 0 Å². The van der Waals surface area contributed by atoms with Gasteiger partial charge in [0.25, 0.3) is 0 Å². The molecule has 0 aliphatic heterocycles. The Balaban J connectivity index is 2.70. The minimum Gasteiger partial charge on any atom is -0.461 e. The first-order valence-electron chi connectivity index (χ1n) is 3.59. The van der Waals surface area contributed by atoms with Crippen molar-refractivity contribution in [3.05, 3.63) is 24.2 Å². The Morgan fingerprint density at radius 1 is 1.82 bits per heavy atom. The SMILES string of the molecule is CC[C@H](N)C(=O)c1ccco1. The summed E-state index contributed by atoms with van der Waals surface area (Å²) in [5.41, 5.74) is 5.50. The van der Waals surface area contributed by atoms with Gasteiger partial charge in [0, 0.05) is 0 Å². The topological polar surface area (TPSA) is 56.2 Å². The highest BCUT2D eigenvalue weighted by molar-refractivity contribution is 5.97. The van der Waals surface area contributed by atoms with Crippen molar-refractivity contribution in [2.45, 2.75) is 19.4 Å². The molecule has 0 unspecified atom stereocenters. The quantitative estimate of drug-likeness (QED) is 0.664. The second kappa shape index (κ2) is 3.34. The van der Waals surface area contributed by atoms with Gasteiger partial charge in [0.2, 0.25) is 5.78 Å². The molecule has 60 valence electrons. The van der Waals surface area contributed by atoms with E-state index in [4.69, 9.17) is 10.2 Å². The Morgan fingerprint density at radius 2 is 2.55 bits per heavy atom. The molecule has 3 heteroatoms. The van der Waals surface area contributed by atoms with E-state index in [9.17, 15) is 4.79 Å². The molecule has 11 heavy (non-hydrogen) atoms. The molecule has 1 aromatic heterocycles. The Bertz CT molecular complexity index is 228. The van der Waals surface area contributed by atoms with E-state index >= 15 is 0 Å². The first kappa shape index (κ1) is 8.01. The fraction of sp³-hybridized carbons (Fsp3) is 0.375.